The van der Waals surface area contributed by atoms with Crippen LogP contribution in [0.15, 0.2) is 48.5 Å². The molecule has 7 heteroatoms. The second kappa shape index (κ2) is 8.33. The molecule has 0 spiro atoms. The van der Waals surface area contributed by atoms with E-state index >= 15 is 0 Å². The number of likely N-dealkylation sites (tertiary alicyclic amines) is 1. The number of alkyl halides is 3. The molecule has 2 aromatic carbocycles. The van der Waals surface area contributed by atoms with Gasteiger partial charge in [0.05, 0.1) is 29.8 Å². The molecule has 0 saturated carbocycles. The Bertz CT molecular complexity index is 894. The Morgan fingerprint density at radius 3 is 2.43 bits per heavy atom. The zero-order valence-electron chi connectivity index (χ0n) is 15.2. The van der Waals surface area contributed by atoms with Crippen molar-refractivity contribution in [2.45, 2.75) is 25.2 Å². The second-order valence-corrected chi connectivity index (χ2v) is 6.78. The Balaban J connectivity index is 1.93. The lowest BCUT2D eigenvalue weighted by Gasteiger charge is -2.32. The van der Waals surface area contributed by atoms with Gasteiger partial charge in [-0.05, 0) is 42.3 Å². The molecule has 1 saturated heterocycles. The third-order valence-electron chi connectivity index (χ3n) is 4.97. The molecular weight excluding hydrogens is 365 g/mol. The quantitative estimate of drug-likeness (QED) is 0.726. The van der Waals surface area contributed by atoms with Gasteiger partial charge in [-0.15, -0.1) is 0 Å². The second-order valence-electron chi connectivity index (χ2n) is 6.78. The number of benzene rings is 2. The molecule has 1 fully saturated rings. The molecule has 0 radical (unpaired) electrons. The Labute approximate surface area is 162 Å². The van der Waals surface area contributed by atoms with Crippen LogP contribution < -0.4 is 4.90 Å². The Hall–Kier alpha value is -3.03. The van der Waals surface area contributed by atoms with Crippen LogP contribution in [0.1, 0.15) is 23.1 Å². The Kier molecular flexibility index (Phi) is 5.87. The molecular formula is C21H19F3N4. The molecule has 3 rings (SSSR count). The monoisotopic (exact) mass is 384 g/mol. The highest BCUT2D eigenvalue weighted by molar-refractivity contribution is 5.52. The smallest absolute Gasteiger partial charge is 0.363 e. The van der Waals surface area contributed by atoms with Crippen LogP contribution in [0.2, 0.25) is 0 Å². The predicted molar refractivity (Wildman–Crippen MR) is 99.2 cm³/mol. The van der Waals surface area contributed by atoms with Gasteiger partial charge < -0.3 is 4.90 Å². The van der Waals surface area contributed by atoms with Gasteiger partial charge in [-0.25, -0.2) is 0 Å². The normalized spacial score (nSPS) is 17.1. The van der Waals surface area contributed by atoms with E-state index < -0.39 is 11.7 Å². The molecule has 1 heterocycles. The third kappa shape index (κ3) is 4.44. The highest BCUT2D eigenvalue weighted by atomic mass is 19.4. The van der Waals surface area contributed by atoms with Crippen LogP contribution in [-0.2, 0) is 12.7 Å². The maximum Gasteiger partial charge on any atom is 0.416 e. The Morgan fingerprint density at radius 2 is 1.79 bits per heavy atom. The molecule has 0 bridgehead atoms. The van der Waals surface area contributed by atoms with Crippen LogP contribution in [-0.4, -0.2) is 30.6 Å². The minimum Gasteiger partial charge on any atom is -0.363 e. The van der Waals surface area contributed by atoms with Gasteiger partial charge in [0.15, 0.2) is 0 Å². The van der Waals surface area contributed by atoms with Gasteiger partial charge in [-0.1, -0.05) is 18.2 Å². The lowest BCUT2D eigenvalue weighted by Crippen LogP contribution is -2.37. The largest absolute Gasteiger partial charge is 0.416 e. The average molecular weight is 384 g/mol. The molecule has 1 aliphatic heterocycles. The summed E-state index contributed by atoms with van der Waals surface area (Å²) in [6, 6.07) is 16.6. The minimum atomic E-state index is -4.42. The fraction of sp³-hybridized carbons (Fsp3) is 0.333. The van der Waals surface area contributed by atoms with E-state index in [9.17, 15) is 13.2 Å². The summed E-state index contributed by atoms with van der Waals surface area (Å²) in [7, 11) is 0. The first-order valence-corrected chi connectivity index (χ1v) is 8.93. The summed E-state index contributed by atoms with van der Waals surface area (Å²) >= 11 is 0. The van der Waals surface area contributed by atoms with Crippen molar-refractivity contribution in [1.82, 2.24) is 4.90 Å². The van der Waals surface area contributed by atoms with Crippen LogP contribution >= 0.6 is 0 Å². The zero-order valence-corrected chi connectivity index (χ0v) is 15.2. The molecule has 1 atom stereocenters. The average Bonchev–Trinajstić information content (AvgIpc) is 3.14. The molecule has 2 aromatic rings. The SMILES string of the molecule is N#CCN1CCC(N(Cc2ccccc2C(F)(F)F)c2ccc(C#N)cc2)C1. The van der Waals surface area contributed by atoms with Crippen molar-refractivity contribution in [3.8, 4) is 12.1 Å². The van der Waals surface area contributed by atoms with Gasteiger partial charge in [0.2, 0.25) is 0 Å². The summed E-state index contributed by atoms with van der Waals surface area (Å²) in [5, 5.41) is 17.9. The van der Waals surface area contributed by atoms with E-state index in [2.05, 4.69) is 12.1 Å². The number of hydrogen-bond donors (Lipinski definition) is 0. The lowest BCUT2D eigenvalue weighted by atomic mass is 10.0. The van der Waals surface area contributed by atoms with Crippen LogP contribution in [0.5, 0.6) is 0 Å². The minimum absolute atomic E-state index is 0.0115. The van der Waals surface area contributed by atoms with Crippen LogP contribution in [0.3, 0.4) is 0 Å². The number of nitriles is 2. The molecule has 0 amide bonds. The first-order chi connectivity index (χ1) is 13.4. The number of rotatable bonds is 5. The Morgan fingerprint density at radius 1 is 1.07 bits per heavy atom. The molecule has 0 N–H and O–H groups in total. The number of anilines is 1. The van der Waals surface area contributed by atoms with E-state index in [0.29, 0.717) is 18.7 Å². The van der Waals surface area contributed by atoms with Gasteiger partial charge in [0, 0.05) is 31.4 Å². The fourth-order valence-electron chi connectivity index (χ4n) is 3.59. The fourth-order valence-corrected chi connectivity index (χ4v) is 3.59. The molecule has 0 aromatic heterocycles. The standard InChI is InChI=1S/C21H19F3N4/c22-21(23,24)20-4-2-1-3-17(20)14-28(18-7-5-16(13-26)6-8-18)19-9-11-27(15-19)12-10-25/h1-8,19H,9,11-12,14-15H2. The molecule has 28 heavy (non-hydrogen) atoms. The summed E-state index contributed by atoms with van der Waals surface area (Å²) in [6.07, 6.45) is -3.66. The van der Waals surface area contributed by atoms with Gasteiger partial charge in [0.25, 0.3) is 0 Å². The molecule has 144 valence electrons. The maximum absolute atomic E-state index is 13.4. The van der Waals surface area contributed by atoms with Gasteiger partial charge in [0.1, 0.15) is 0 Å². The first-order valence-electron chi connectivity index (χ1n) is 8.93. The van der Waals surface area contributed by atoms with E-state index in [1.807, 2.05) is 9.80 Å². The van der Waals surface area contributed by atoms with Crippen molar-refractivity contribution in [1.29, 1.82) is 10.5 Å². The third-order valence-corrected chi connectivity index (χ3v) is 4.97. The van der Waals surface area contributed by atoms with Crippen LogP contribution in [0.4, 0.5) is 18.9 Å². The predicted octanol–water partition coefficient (Wildman–Crippen LogP) is 4.18. The van der Waals surface area contributed by atoms with Gasteiger partial charge in [-0.2, -0.15) is 23.7 Å². The van der Waals surface area contributed by atoms with Crippen LogP contribution in [0.25, 0.3) is 0 Å². The van der Waals surface area contributed by atoms with Gasteiger partial charge >= 0.3 is 6.18 Å². The number of hydrogen-bond acceptors (Lipinski definition) is 4. The molecule has 4 nitrogen and oxygen atoms in total. The van der Waals surface area contributed by atoms with E-state index in [-0.39, 0.29) is 18.2 Å². The summed E-state index contributed by atoms with van der Waals surface area (Å²) in [5.74, 6) is 0. The van der Waals surface area contributed by atoms with E-state index in [0.717, 1.165) is 24.7 Å². The van der Waals surface area contributed by atoms with Gasteiger partial charge in [-0.3, -0.25) is 4.90 Å². The van der Waals surface area contributed by atoms with Crippen molar-refractivity contribution < 1.29 is 13.2 Å². The lowest BCUT2D eigenvalue weighted by molar-refractivity contribution is -0.138. The van der Waals surface area contributed by atoms with E-state index in [4.69, 9.17) is 10.5 Å². The van der Waals surface area contributed by atoms with Crippen molar-refractivity contribution >= 4 is 5.69 Å². The molecule has 1 aliphatic rings. The topological polar surface area (TPSA) is 54.1 Å². The van der Waals surface area contributed by atoms with E-state index in [1.165, 1.54) is 12.1 Å². The van der Waals surface area contributed by atoms with Crippen molar-refractivity contribution in [2.24, 2.45) is 0 Å². The highest BCUT2D eigenvalue weighted by Gasteiger charge is 2.35. The van der Waals surface area contributed by atoms with Crippen LogP contribution in [0, 0.1) is 22.7 Å². The highest BCUT2D eigenvalue weighted by Crippen LogP contribution is 2.34. The maximum atomic E-state index is 13.4. The van der Waals surface area contributed by atoms with Crippen molar-refractivity contribution in [3.63, 3.8) is 0 Å². The molecule has 1 unspecified atom stereocenters. The van der Waals surface area contributed by atoms with E-state index in [1.54, 1.807) is 30.3 Å². The summed E-state index contributed by atoms with van der Waals surface area (Å²) < 4.78 is 40.3. The summed E-state index contributed by atoms with van der Waals surface area (Å²) in [4.78, 5) is 3.94. The summed E-state index contributed by atoms with van der Waals surface area (Å²) in [5.41, 5.74) is 0.829. The summed E-state index contributed by atoms with van der Waals surface area (Å²) in [6.45, 7) is 1.75. The van der Waals surface area contributed by atoms with Crippen molar-refractivity contribution in [3.05, 3.63) is 65.2 Å². The first kappa shape index (κ1) is 19.7. The zero-order chi connectivity index (χ0) is 20.1. The number of nitrogens with zero attached hydrogens (tertiary/aromatic N) is 4. The van der Waals surface area contributed by atoms with Crippen molar-refractivity contribution in [2.75, 3.05) is 24.5 Å². The molecule has 0 aliphatic carbocycles. The number of halogens is 3.